The molecule has 1 aromatic carbocycles. The SMILES string of the molecule is CN(C)C(=O)/C=C/CC[C@H](OC(=O)N(C)C)C(=O)Nc1cccn(Cc2cc3ncc(F)c(OCc4ccccc4)c3[nH]2)c1=O. The zero-order valence-corrected chi connectivity index (χ0v) is 25.5. The summed E-state index contributed by atoms with van der Waals surface area (Å²) in [6.07, 6.45) is 3.96. The van der Waals surface area contributed by atoms with Crippen molar-refractivity contribution >= 4 is 34.6 Å². The molecule has 45 heavy (non-hydrogen) atoms. The summed E-state index contributed by atoms with van der Waals surface area (Å²) in [7, 11) is 6.19. The third kappa shape index (κ3) is 8.56. The van der Waals surface area contributed by atoms with Gasteiger partial charge in [0.2, 0.25) is 5.91 Å². The van der Waals surface area contributed by atoms with Crippen molar-refractivity contribution in [2.24, 2.45) is 0 Å². The maximum Gasteiger partial charge on any atom is 0.410 e. The van der Waals surface area contributed by atoms with E-state index in [1.165, 1.54) is 40.6 Å². The monoisotopic (exact) mass is 618 g/mol. The molecule has 13 heteroatoms. The molecule has 3 heterocycles. The van der Waals surface area contributed by atoms with Crippen molar-refractivity contribution in [2.45, 2.75) is 32.1 Å². The molecule has 0 bridgehead atoms. The first-order valence-corrected chi connectivity index (χ1v) is 14.1. The van der Waals surface area contributed by atoms with E-state index in [-0.39, 0.29) is 43.3 Å². The Hall–Kier alpha value is -5.46. The highest BCUT2D eigenvalue weighted by Gasteiger charge is 2.24. The third-order valence-electron chi connectivity index (χ3n) is 6.66. The first-order valence-electron chi connectivity index (χ1n) is 14.1. The second-order valence-corrected chi connectivity index (χ2v) is 10.6. The number of likely N-dealkylation sites (N-methyl/N-ethyl adjacent to an activating group) is 1. The Morgan fingerprint density at radius 1 is 1.09 bits per heavy atom. The summed E-state index contributed by atoms with van der Waals surface area (Å²) in [5, 5.41) is 2.56. The van der Waals surface area contributed by atoms with Crippen LogP contribution in [0.4, 0.5) is 14.9 Å². The number of ether oxygens (including phenoxy) is 2. The largest absolute Gasteiger partial charge is 0.483 e. The van der Waals surface area contributed by atoms with Crippen molar-refractivity contribution in [2.75, 3.05) is 33.5 Å². The van der Waals surface area contributed by atoms with Gasteiger partial charge in [-0.05, 0) is 42.7 Å². The average Bonchev–Trinajstić information content (AvgIpc) is 3.42. The van der Waals surface area contributed by atoms with Crippen molar-refractivity contribution in [1.29, 1.82) is 0 Å². The van der Waals surface area contributed by atoms with E-state index in [1.807, 2.05) is 30.3 Å². The van der Waals surface area contributed by atoms with Crippen LogP contribution in [-0.4, -0.2) is 76.5 Å². The molecule has 0 saturated heterocycles. The number of aromatic nitrogens is 3. The fourth-order valence-corrected chi connectivity index (χ4v) is 4.24. The second-order valence-electron chi connectivity index (χ2n) is 10.6. The number of hydrogen-bond acceptors (Lipinski definition) is 7. The van der Waals surface area contributed by atoms with Crippen LogP contribution in [0.1, 0.15) is 24.1 Å². The molecule has 4 rings (SSSR count). The molecule has 236 valence electrons. The van der Waals surface area contributed by atoms with Gasteiger partial charge in [-0.3, -0.25) is 19.4 Å². The molecule has 0 aliphatic carbocycles. The predicted molar refractivity (Wildman–Crippen MR) is 166 cm³/mol. The highest BCUT2D eigenvalue weighted by atomic mass is 19.1. The number of rotatable bonds is 12. The van der Waals surface area contributed by atoms with Gasteiger partial charge in [0, 0.05) is 40.1 Å². The van der Waals surface area contributed by atoms with Crippen LogP contribution in [0.25, 0.3) is 11.0 Å². The first-order chi connectivity index (χ1) is 21.5. The molecular formula is C32H35FN6O6. The van der Waals surface area contributed by atoms with Crippen molar-refractivity contribution in [3.8, 4) is 5.75 Å². The molecule has 3 amide bonds. The van der Waals surface area contributed by atoms with Gasteiger partial charge < -0.3 is 34.1 Å². The van der Waals surface area contributed by atoms with E-state index in [0.717, 1.165) is 11.8 Å². The van der Waals surface area contributed by atoms with Crippen LogP contribution in [-0.2, 0) is 27.5 Å². The zero-order valence-electron chi connectivity index (χ0n) is 25.5. The molecule has 1 atom stereocenters. The maximum absolute atomic E-state index is 14.7. The van der Waals surface area contributed by atoms with Gasteiger partial charge >= 0.3 is 6.09 Å². The number of hydrogen-bond donors (Lipinski definition) is 2. The van der Waals surface area contributed by atoms with Gasteiger partial charge in [0.1, 0.15) is 17.8 Å². The Kier molecular flexibility index (Phi) is 10.7. The summed E-state index contributed by atoms with van der Waals surface area (Å²) >= 11 is 0. The normalized spacial score (nSPS) is 11.8. The number of benzene rings is 1. The summed E-state index contributed by atoms with van der Waals surface area (Å²) in [6.45, 7) is 0.212. The lowest BCUT2D eigenvalue weighted by Gasteiger charge is -2.19. The van der Waals surface area contributed by atoms with Gasteiger partial charge in [0.25, 0.3) is 11.5 Å². The molecule has 2 N–H and O–H groups in total. The average molecular weight is 619 g/mol. The van der Waals surface area contributed by atoms with E-state index in [4.69, 9.17) is 9.47 Å². The summed E-state index contributed by atoms with van der Waals surface area (Å²) < 4.78 is 27.2. The summed E-state index contributed by atoms with van der Waals surface area (Å²) in [6, 6.07) is 14.1. The van der Waals surface area contributed by atoms with Gasteiger partial charge in [-0.1, -0.05) is 36.4 Å². The summed E-state index contributed by atoms with van der Waals surface area (Å²) in [5.74, 6) is -1.53. The standard InChI is InChI=1S/C32H35FN6O6/c1-37(2)27(40)15-9-8-14-26(45-32(43)38(3)4)30(41)36-24-13-10-16-39(31(24)42)19-22-17-25-28(35-22)29(23(33)18-34-25)44-20-21-11-6-5-7-12-21/h5-7,9-13,15-18,26,35H,8,14,19-20H2,1-4H3,(H,36,41)/b15-9+/t26-/m0/s1. The minimum Gasteiger partial charge on any atom is -0.483 e. The molecule has 12 nitrogen and oxygen atoms in total. The summed E-state index contributed by atoms with van der Waals surface area (Å²) in [4.78, 5) is 60.3. The van der Waals surface area contributed by atoms with E-state index in [2.05, 4.69) is 15.3 Å². The fourth-order valence-electron chi connectivity index (χ4n) is 4.24. The number of carbonyl (C=O) groups excluding carboxylic acids is 3. The van der Waals surface area contributed by atoms with E-state index in [0.29, 0.717) is 16.7 Å². The minimum absolute atomic E-state index is 0.0164. The zero-order chi connectivity index (χ0) is 32.5. The number of allylic oxidation sites excluding steroid dienone is 1. The van der Waals surface area contributed by atoms with Crippen LogP contribution in [0.2, 0.25) is 0 Å². The maximum atomic E-state index is 14.7. The van der Waals surface area contributed by atoms with E-state index in [1.54, 1.807) is 38.5 Å². The molecule has 0 unspecified atom stereocenters. The molecule has 4 aromatic rings. The van der Waals surface area contributed by atoms with E-state index < -0.39 is 29.5 Å². The Morgan fingerprint density at radius 3 is 2.56 bits per heavy atom. The minimum atomic E-state index is -1.23. The van der Waals surface area contributed by atoms with Gasteiger partial charge in [-0.2, -0.15) is 0 Å². The van der Waals surface area contributed by atoms with Crippen LogP contribution in [0.15, 0.2) is 77.9 Å². The van der Waals surface area contributed by atoms with Crippen LogP contribution >= 0.6 is 0 Å². The number of H-pyrrole nitrogens is 1. The lowest BCUT2D eigenvalue weighted by Crippen LogP contribution is -2.37. The van der Waals surface area contributed by atoms with E-state index >= 15 is 0 Å². The van der Waals surface area contributed by atoms with Crippen molar-refractivity contribution in [3.05, 3.63) is 101 Å². The number of amides is 3. The molecule has 0 aliphatic heterocycles. The van der Waals surface area contributed by atoms with E-state index in [9.17, 15) is 23.6 Å². The number of anilines is 1. The highest BCUT2D eigenvalue weighted by Crippen LogP contribution is 2.28. The molecule has 0 radical (unpaired) electrons. The molecular weight excluding hydrogens is 583 g/mol. The molecule has 0 saturated carbocycles. The number of carbonyl (C=O) groups is 3. The van der Waals surface area contributed by atoms with Crippen LogP contribution in [0.3, 0.4) is 0 Å². The molecule has 0 spiro atoms. The van der Waals surface area contributed by atoms with Crippen molar-refractivity contribution < 1.29 is 28.2 Å². The highest BCUT2D eigenvalue weighted by molar-refractivity contribution is 5.95. The lowest BCUT2D eigenvalue weighted by molar-refractivity contribution is -0.125. The topological polar surface area (TPSA) is 139 Å². The Balaban J connectivity index is 1.50. The van der Waals surface area contributed by atoms with Crippen LogP contribution in [0, 0.1) is 5.82 Å². The Labute approximate surface area is 259 Å². The number of pyridine rings is 2. The predicted octanol–water partition coefficient (Wildman–Crippen LogP) is 3.92. The Morgan fingerprint density at radius 2 is 1.84 bits per heavy atom. The molecule has 3 aromatic heterocycles. The molecule has 0 fully saturated rings. The molecule has 0 aliphatic rings. The number of nitrogens with zero attached hydrogens (tertiary/aromatic N) is 4. The Bertz CT molecular complexity index is 1750. The second kappa shape index (κ2) is 14.8. The van der Waals surface area contributed by atoms with Gasteiger partial charge in [0.15, 0.2) is 17.7 Å². The number of fused-ring (bicyclic) bond motifs is 1. The number of halogens is 1. The van der Waals surface area contributed by atoms with Gasteiger partial charge in [-0.15, -0.1) is 0 Å². The quantitative estimate of drug-likeness (QED) is 0.230. The van der Waals surface area contributed by atoms with Crippen molar-refractivity contribution in [1.82, 2.24) is 24.3 Å². The van der Waals surface area contributed by atoms with Gasteiger partial charge in [0.05, 0.1) is 18.3 Å². The van der Waals surface area contributed by atoms with Crippen LogP contribution in [0.5, 0.6) is 5.75 Å². The third-order valence-corrected chi connectivity index (χ3v) is 6.66. The van der Waals surface area contributed by atoms with Gasteiger partial charge in [-0.25, -0.2) is 9.18 Å². The number of nitrogens with one attached hydrogen (secondary N) is 2. The summed E-state index contributed by atoms with van der Waals surface area (Å²) in [5.41, 5.74) is 1.69. The smallest absolute Gasteiger partial charge is 0.410 e. The van der Waals surface area contributed by atoms with Crippen molar-refractivity contribution in [3.63, 3.8) is 0 Å². The first kappa shape index (κ1) is 32.5. The fraction of sp³-hybridized carbons (Fsp3) is 0.281. The van der Waals surface area contributed by atoms with Crippen LogP contribution < -0.4 is 15.6 Å². The number of aromatic amines is 1. The lowest BCUT2D eigenvalue weighted by atomic mass is 10.1.